The Balaban J connectivity index is 1.96. The maximum atomic E-state index is 14.2. The van der Waals surface area contributed by atoms with Gasteiger partial charge in [-0.25, -0.2) is 9.29 Å². The number of anilines is 1. The number of imide groups is 1. The highest BCUT2D eigenvalue weighted by Crippen LogP contribution is 2.29. The molecule has 1 saturated heterocycles. The van der Waals surface area contributed by atoms with Crippen molar-refractivity contribution in [3.05, 3.63) is 65.5 Å². The summed E-state index contributed by atoms with van der Waals surface area (Å²) in [5.41, 5.74) is 1.39. The van der Waals surface area contributed by atoms with E-state index < -0.39 is 23.7 Å². The van der Waals surface area contributed by atoms with Crippen LogP contribution < -0.4 is 4.90 Å². The molecule has 2 aromatic rings. The number of benzene rings is 2. The van der Waals surface area contributed by atoms with Gasteiger partial charge in [0.2, 0.25) is 5.91 Å². The average Bonchev–Trinajstić information content (AvgIpc) is 2.97. The third kappa shape index (κ3) is 3.54. The number of aryl methyl sites for hydroxylation is 1. The molecule has 1 heterocycles. The molecule has 0 N–H and O–H groups in total. The van der Waals surface area contributed by atoms with Gasteiger partial charge in [-0.05, 0) is 44.5 Å². The Hall–Kier alpha value is -3.02. The second kappa shape index (κ2) is 7.92. The van der Waals surface area contributed by atoms with E-state index in [1.165, 1.54) is 23.1 Å². The maximum absolute atomic E-state index is 14.2. The molecule has 3 amide bonds. The number of nitrogens with zero attached hydrogens (tertiary/aromatic N) is 2. The molecular weight excluding hydrogens is 359 g/mol. The van der Waals surface area contributed by atoms with Crippen molar-refractivity contribution in [2.24, 2.45) is 0 Å². The number of hydrogen-bond acceptors (Lipinski definition) is 3. The van der Waals surface area contributed by atoms with Gasteiger partial charge in [0.25, 0.3) is 11.8 Å². The third-order valence-electron chi connectivity index (χ3n) is 5.16. The van der Waals surface area contributed by atoms with E-state index in [0.717, 1.165) is 10.5 Å². The Labute approximate surface area is 163 Å². The first-order valence-electron chi connectivity index (χ1n) is 9.35. The minimum Gasteiger partial charge on any atom is -0.323 e. The zero-order valence-corrected chi connectivity index (χ0v) is 16.2. The molecule has 5 nitrogen and oxygen atoms in total. The van der Waals surface area contributed by atoms with E-state index in [0.29, 0.717) is 12.1 Å². The lowest BCUT2D eigenvalue weighted by Crippen LogP contribution is -2.50. The van der Waals surface area contributed by atoms with Crippen LogP contribution in [0, 0.1) is 12.7 Å². The highest BCUT2D eigenvalue weighted by molar-refractivity contribution is 6.23. The summed E-state index contributed by atoms with van der Waals surface area (Å²) in [7, 11) is 0. The molecule has 1 fully saturated rings. The lowest BCUT2D eigenvalue weighted by Gasteiger charge is -2.33. The molecule has 2 unspecified atom stereocenters. The molecule has 146 valence electrons. The van der Waals surface area contributed by atoms with Crippen LogP contribution in [-0.4, -0.2) is 34.7 Å². The highest BCUT2D eigenvalue weighted by Gasteiger charge is 2.45. The summed E-state index contributed by atoms with van der Waals surface area (Å²) >= 11 is 0. The van der Waals surface area contributed by atoms with Crippen molar-refractivity contribution in [2.75, 3.05) is 4.90 Å². The molecule has 1 aliphatic heterocycles. The monoisotopic (exact) mass is 382 g/mol. The first-order valence-corrected chi connectivity index (χ1v) is 9.35. The molecular formula is C22H23FN2O3. The van der Waals surface area contributed by atoms with Crippen molar-refractivity contribution in [3.63, 3.8) is 0 Å². The molecule has 2 aromatic carbocycles. The molecule has 1 aliphatic rings. The second-order valence-electron chi connectivity index (χ2n) is 7.07. The summed E-state index contributed by atoms with van der Waals surface area (Å²) < 4.78 is 14.2. The number of halogens is 1. The zero-order valence-electron chi connectivity index (χ0n) is 16.2. The summed E-state index contributed by atoms with van der Waals surface area (Å²) in [6.45, 7) is 5.59. The van der Waals surface area contributed by atoms with Gasteiger partial charge in [-0.15, -0.1) is 0 Å². The van der Waals surface area contributed by atoms with Gasteiger partial charge in [-0.2, -0.15) is 0 Å². The normalized spacial score (nSPS) is 17.7. The van der Waals surface area contributed by atoms with Crippen LogP contribution in [0.1, 0.15) is 42.6 Å². The smallest absolute Gasteiger partial charge is 0.257 e. The zero-order chi connectivity index (χ0) is 20.4. The quantitative estimate of drug-likeness (QED) is 0.741. The summed E-state index contributed by atoms with van der Waals surface area (Å²) in [5.74, 6) is -2.05. The Morgan fingerprint density at radius 1 is 1.18 bits per heavy atom. The summed E-state index contributed by atoms with van der Waals surface area (Å²) in [6.07, 6.45) is 0.458. The van der Waals surface area contributed by atoms with Gasteiger partial charge in [0.1, 0.15) is 11.9 Å². The van der Waals surface area contributed by atoms with E-state index in [-0.39, 0.29) is 23.9 Å². The van der Waals surface area contributed by atoms with Gasteiger partial charge < -0.3 is 4.90 Å². The van der Waals surface area contributed by atoms with Crippen LogP contribution in [0.25, 0.3) is 0 Å². The molecule has 0 bridgehead atoms. The second-order valence-corrected chi connectivity index (χ2v) is 7.07. The molecule has 6 heteroatoms. The largest absolute Gasteiger partial charge is 0.323 e. The van der Waals surface area contributed by atoms with Crippen molar-refractivity contribution < 1.29 is 18.8 Å². The van der Waals surface area contributed by atoms with Crippen LogP contribution in [0.5, 0.6) is 0 Å². The first kappa shape index (κ1) is 19.7. The molecule has 0 radical (unpaired) electrons. The van der Waals surface area contributed by atoms with E-state index in [9.17, 15) is 18.8 Å². The number of rotatable bonds is 5. The van der Waals surface area contributed by atoms with Crippen LogP contribution in [0.2, 0.25) is 0 Å². The van der Waals surface area contributed by atoms with Crippen molar-refractivity contribution in [1.29, 1.82) is 0 Å². The van der Waals surface area contributed by atoms with Gasteiger partial charge in [-0.1, -0.05) is 36.8 Å². The van der Waals surface area contributed by atoms with Crippen LogP contribution in [-0.2, 0) is 9.59 Å². The lowest BCUT2D eigenvalue weighted by atomic mass is 10.1. The number of hydrogen-bond donors (Lipinski definition) is 0. The van der Waals surface area contributed by atoms with Gasteiger partial charge >= 0.3 is 0 Å². The Morgan fingerprint density at radius 3 is 2.43 bits per heavy atom. The number of carbonyl (C=O) groups excluding carboxylic acids is 3. The van der Waals surface area contributed by atoms with Crippen molar-refractivity contribution >= 4 is 23.4 Å². The molecule has 0 aliphatic carbocycles. The van der Waals surface area contributed by atoms with E-state index in [1.54, 1.807) is 25.1 Å². The van der Waals surface area contributed by atoms with Crippen LogP contribution in [0.4, 0.5) is 10.1 Å². The number of carbonyl (C=O) groups is 3. The fourth-order valence-electron chi connectivity index (χ4n) is 3.42. The van der Waals surface area contributed by atoms with Crippen LogP contribution in [0.15, 0.2) is 48.5 Å². The van der Waals surface area contributed by atoms with Crippen molar-refractivity contribution in [2.45, 2.75) is 45.7 Å². The van der Waals surface area contributed by atoms with Gasteiger partial charge in [0.05, 0.1) is 17.7 Å². The maximum Gasteiger partial charge on any atom is 0.257 e. The van der Waals surface area contributed by atoms with Gasteiger partial charge in [-0.3, -0.25) is 14.4 Å². The third-order valence-corrected chi connectivity index (χ3v) is 5.16. The van der Waals surface area contributed by atoms with Gasteiger partial charge in [0, 0.05) is 6.04 Å². The minimum absolute atomic E-state index is 0.100. The highest BCUT2D eigenvalue weighted by atomic mass is 19.1. The first-order chi connectivity index (χ1) is 13.3. The Kier molecular flexibility index (Phi) is 5.58. The molecule has 3 rings (SSSR count). The average molecular weight is 382 g/mol. The predicted octanol–water partition coefficient (Wildman–Crippen LogP) is 3.71. The summed E-state index contributed by atoms with van der Waals surface area (Å²) in [5, 5.41) is 0. The molecule has 0 spiro atoms. The van der Waals surface area contributed by atoms with E-state index in [2.05, 4.69) is 0 Å². The van der Waals surface area contributed by atoms with E-state index in [1.807, 2.05) is 26.0 Å². The summed E-state index contributed by atoms with van der Waals surface area (Å²) in [6, 6.07) is 11.5. The molecule has 0 aromatic heterocycles. The summed E-state index contributed by atoms with van der Waals surface area (Å²) in [4.78, 5) is 41.3. The molecule has 28 heavy (non-hydrogen) atoms. The SMILES string of the molecule is CCC(C)N(C(=O)c1ccccc1F)C1CC(=O)N(c2ccc(C)cc2)C1=O. The van der Waals surface area contributed by atoms with Crippen LogP contribution >= 0.6 is 0 Å². The Bertz CT molecular complexity index is 910. The predicted molar refractivity (Wildman–Crippen MR) is 104 cm³/mol. The van der Waals surface area contributed by atoms with E-state index >= 15 is 0 Å². The topological polar surface area (TPSA) is 57.7 Å². The lowest BCUT2D eigenvalue weighted by molar-refractivity contribution is -0.122. The van der Waals surface area contributed by atoms with Crippen molar-refractivity contribution in [1.82, 2.24) is 4.90 Å². The molecule has 0 saturated carbocycles. The van der Waals surface area contributed by atoms with Gasteiger partial charge in [0.15, 0.2) is 0 Å². The fraction of sp³-hybridized carbons (Fsp3) is 0.318. The van der Waals surface area contributed by atoms with E-state index in [4.69, 9.17) is 0 Å². The Morgan fingerprint density at radius 2 is 1.82 bits per heavy atom. The number of amides is 3. The minimum atomic E-state index is -0.948. The standard InChI is InChI=1S/C22H23FN2O3/c1-4-15(3)24(21(27)17-7-5-6-8-18(17)23)19-13-20(26)25(22(19)28)16-11-9-14(2)10-12-16/h5-12,15,19H,4,13H2,1-3H3. The fourth-order valence-corrected chi connectivity index (χ4v) is 3.42. The molecule has 2 atom stereocenters. The van der Waals surface area contributed by atoms with Crippen LogP contribution in [0.3, 0.4) is 0 Å². The van der Waals surface area contributed by atoms with Crippen molar-refractivity contribution in [3.8, 4) is 0 Å².